The third kappa shape index (κ3) is 2.13. The molecule has 0 radical (unpaired) electrons. The fourth-order valence-corrected chi connectivity index (χ4v) is 3.33. The second-order valence-electron chi connectivity index (χ2n) is 4.60. The second kappa shape index (κ2) is 4.52. The Hall–Kier alpha value is -2.48. The van der Waals surface area contributed by atoms with Crippen molar-refractivity contribution >= 4 is 33.3 Å². The largest absolute Gasteiger partial charge is 0.477 e. The van der Waals surface area contributed by atoms with Crippen LogP contribution in [0.15, 0.2) is 39.6 Å². The van der Waals surface area contributed by atoms with Gasteiger partial charge in [0.2, 0.25) is 0 Å². The quantitative estimate of drug-likeness (QED) is 0.848. The number of para-hydroxylation sites is 1. The third-order valence-electron chi connectivity index (χ3n) is 3.33. The molecule has 0 bridgehead atoms. The van der Waals surface area contributed by atoms with Crippen LogP contribution in [0.1, 0.15) is 5.56 Å². The fourth-order valence-electron chi connectivity index (χ4n) is 2.36. The van der Waals surface area contributed by atoms with Gasteiger partial charge in [-0.1, -0.05) is 18.2 Å². The second-order valence-corrected chi connectivity index (χ2v) is 6.17. The Balaban J connectivity index is 1.97. The van der Waals surface area contributed by atoms with Gasteiger partial charge >= 0.3 is 5.97 Å². The molecule has 0 aromatic heterocycles. The number of aliphatic carboxylic acids is 1. The summed E-state index contributed by atoms with van der Waals surface area (Å²) in [6.45, 7) is 0.410. The summed E-state index contributed by atoms with van der Waals surface area (Å²) in [5, 5.41) is 8.83. The molecule has 7 nitrogen and oxygen atoms in total. The molecule has 1 aromatic carbocycles. The van der Waals surface area contributed by atoms with Crippen LogP contribution in [0.5, 0.6) is 0 Å². The average molecular weight is 306 g/mol. The smallest absolute Gasteiger partial charge is 0.349 e. The number of carboxylic acid groups (broad SMARTS) is 1. The van der Waals surface area contributed by atoms with Crippen molar-refractivity contribution in [1.82, 2.24) is 0 Å². The zero-order valence-electron chi connectivity index (χ0n) is 10.7. The highest BCUT2D eigenvalue weighted by molar-refractivity contribution is 7.95. The first kappa shape index (κ1) is 13.5. The highest BCUT2D eigenvalue weighted by atomic mass is 32.2. The molecule has 1 aromatic rings. The van der Waals surface area contributed by atoms with E-state index in [1.807, 2.05) is 12.1 Å². The maximum atomic E-state index is 12.4. The zero-order valence-corrected chi connectivity index (χ0v) is 11.5. The molecule has 2 aliphatic rings. The van der Waals surface area contributed by atoms with Gasteiger partial charge in [0, 0.05) is 12.2 Å². The number of carbonyl (C=O) groups is 2. The summed E-state index contributed by atoms with van der Waals surface area (Å²) in [7, 11) is -4.29. The molecule has 0 unspecified atom stereocenters. The molecule has 0 saturated heterocycles. The van der Waals surface area contributed by atoms with Crippen molar-refractivity contribution in [3.05, 3.63) is 40.8 Å². The number of hydrogen-bond donors (Lipinski definition) is 1. The van der Waals surface area contributed by atoms with Gasteiger partial charge in [0.1, 0.15) is 5.71 Å². The van der Waals surface area contributed by atoms with Crippen LogP contribution < -0.4 is 4.90 Å². The van der Waals surface area contributed by atoms with Crippen molar-refractivity contribution in [3.63, 3.8) is 0 Å². The number of amides is 1. The van der Waals surface area contributed by atoms with Gasteiger partial charge in [-0.15, -0.1) is 0 Å². The van der Waals surface area contributed by atoms with E-state index < -0.39 is 26.8 Å². The van der Waals surface area contributed by atoms with Gasteiger partial charge in [0.05, 0.1) is 0 Å². The molecule has 0 saturated carbocycles. The number of carbonyl (C=O) groups excluding carboxylic acids is 1. The highest BCUT2D eigenvalue weighted by Crippen LogP contribution is 2.28. The molecular formula is C13H10N2O5S. The maximum absolute atomic E-state index is 12.4. The molecule has 3 rings (SSSR count). The Kier molecular flexibility index (Phi) is 2.91. The molecule has 21 heavy (non-hydrogen) atoms. The van der Waals surface area contributed by atoms with Crippen LogP contribution in [-0.4, -0.2) is 37.7 Å². The standard InChI is InChI=1S/C13H10N2O5S/c16-12(9-7-11(13(17)18)21(19,20)14-9)15-6-5-8-3-1-2-4-10(8)15/h1-4,7H,5-6H2,(H,17,18). The lowest BCUT2D eigenvalue weighted by Crippen LogP contribution is -2.34. The number of nitrogens with zero attached hydrogens (tertiary/aromatic N) is 2. The van der Waals surface area contributed by atoms with Crippen LogP contribution in [0.4, 0.5) is 5.69 Å². The number of fused-ring (bicyclic) bond motifs is 1. The Bertz CT molecular complexity index is 823. The van der Waals surface area contributed by atoms with Crippen molar-refractivity contribution in [1.29, 1.82) is 0 Å². The van der Waals surface area contributed by atoms with E-state index >= 15 is 0 Å². The van der Waals surface area contributed by atoms with Gasteiger partial charge in [0.25, 0.3) is 15.9 Å². The van der Waals surface area contributed by atoms with Crippen molar-refractivity contribution in [3.8, 4) is 0 Å². The summed E-state index contributed by atoms with van der Waals surface area (Å²) in [4.78, 5) is 23.7. The average Bonchev–Trinajstić information content (AvgIpc) is 2.98. The lowest BCUT2D eigenvalue weighted by Gasteiger charge is -2.15. The number of carboxylic acids is 1. The summed E-state index contributed by atoms with van der Waals surface area (Å²) in [5.74, 6) is -2.23. The molecule has 108 valence electrons. The number of sulfonamides is 1. The molecule has 2 aliphatic heterocycles. The van der Waals surface area contributed by atoms with Crippen LogP contribution in [-0.2, 0) is 26.0 Å². The summed E-state index contributed by atoms with van der Waals surface area (Å²) >= 11 is 0. The minimum absolute atomic E-state index is 0.371. The van der Waals surface area contributed by atoms with Crippen molar-refractivity contribution in [2.24, 2.45) is 4.40 Å². The minimum Gasteiger partial charge on any atom is -0.477 e. The Morgan fingerprint density at radius 1 is 1.24 bits per heavy atom. The third-order valence-corrected chi connectivity index (χ3v) is 4.61. The van der Waals surface area contributed by atoms with E-state index in [9.17, 15) is 18.0 Å². The van der Waals surface area contributed by atoms with Gasteiger partial charge < -0.3 is 10.0 Å². The van der Waals surface area contributed by atoms with Crippen LogP contribution in [0.25, 0.3) is 0 Å². The first-order valence-electron chi connectivity index (χ1n) is 6.10. The van der Waals surface area contributed by atoms with Gasteiger partial charge in [-0.2, -0.15) is 12.8 Å². The predicted molar refractivity (Wildman–Crippen MR) is 74.6 cm³/mol. The number of benzene rings is 1. The molecule has 1 amide bonds. The highest BCUT2D eigenvalue weighted by Gasteiger charge is 2.36. The van der Waals surface area contributed by atoms with Gasteiger partial charge in [-0.25, -0.2) is 4.79 Å². The van der Waals surface area contributed by atoms with E-state index in [1.54, 1.807) is 12.1 Å². The van der Waals surface area contributed by atoms with Crippen LogP contribution in [0, 0.1) is 0 Å². The van der Waals surface area contributed by atoms with E-state index in [0.29, 0.717) is 18.7 Å². The van der Waals surface area contributed by atoms with Crippen molar-refractivity contribution in [2.75, 3.05) is 11.4 Å². The van der Waals surface area contributed by atoms with E-state index in [0.717, 1.165) is 11.6 Å². The zero-order chi connectivity index (χ0) is 15.2. The molecule has 1 N–H and O–H groups in total. The first-order chi connectivity index (χ1) is 9.90. The van der Waals surface area contributed by atoms with E-state index in [1.165, 1.54) is 4.90 Å². The number of anilines is 1. The Morgan fingerprint density at radius 3 is 2.62 bits per heavy atom. The lowest BCUT2D eigenvalue weighted by atomic mass is 10.2. The summed E-state index contributed by atoms with van der Waals surface area (Å²) in [6.07, 6.45) is 1.47. The van der Waals surface area contributed by atoms with Gasteiger partial charge in [0.15, 0.2) is 4.91 Å². The van der Waals surface area contributed by atoms with E-state index in [2.05, 4.69) is 4.40 Å². The fraction of sp³-hybridized carbons (Fsp3) is 0.154. The molecule has 8 heteroatoms. The normalized spacial score (nSPS) is 19.0. The Labute approximate surface area is 120 Å². The predicted octanol–water partition coefficient (Wildman–Crippen LogP) is 0.329. The summed E-state index contributed by atoms with van der Waals surface area (Å²) in [5.41, 5.74) is 1.30. The van der Waals surface area contributed by atoms with Crippen LogP contribution in [0.2, 0.25) is 0 Å². The molecular weight excluding hydrogens is 296 g/mol. The van der Waals surface area contributed by atoms with Crippen molar-refractivity contribution < 1.29 is 23.1 Å². The molecule has 0 atom stereocenters. The van der Waals surface area contributed by atoms with Crippen LogP contribution >= 0.6 is 0 Å². The van der Waals surface area contributed by atoms with E-state index in [4.69, 9.17) is 5.11 Å². The topological polar surface area (TPSA) is 104 Å². The van der Waals surface area contributed by atoms with E-state index in [-0.39, 0.29) is 5.71 Å². The van der Waals surface area contributed by atoms with Gasteiger partial charge in [-0.3, -0.25) is 4.79 Å². The van der Waals surface area contributed by atoms with Gasteiger partial charge in [-0.05, 0) is 24.1 Å². The van der Waals surface area contributed by atoms with Crippen LogP contribution in [0.3, 0.4) is 0 Å². The SMILES string of the molecule is O=C(O)C1=CC(C(=O)N2CCc3ccccc32)=NS1(=O)=O. The maximum Gasteiger partial charge on any atom is 0.349 e. The lowest BCUT2D eigenvalue weighted by molar-refractivity contribution is -0.131. The first-order valence-corrected chi connectivity index (χ1v) is 7.54. The Morgan fingerprint density at radius 2 is 1.95 bits per heavy atom. The number of rotatable bonds is 2. The molecule has 0 aliphatic carbocycles. The summed E-state index contributed by atoms with van der Waals surface area (Å²) in [6, 6.07) is 7.27. The minimum atomic E-state index is -4.29. The summed E-state index contributed by atoms with van der Waals surface area (Å²) < 4.78 is 26.4. The monoisotopic (exact) mass is 306 g/mol. The molecule has 0 fully saturated rings. The number of hydrogen-bond acceptors (Lipinski definition) is 4. The molecule has 0 spiro atoms. The van der Waals surface area contributed by atoms with Crippen molar-refractivity contribution in [2.45, 2.75) is 6.42 Å². The molecule has 2 heterocycles.